The van der Waals surface area contributed by atoms with Crippen molar-refractivity contribution in [2.24, 2.45) is 0 Å². The molecule has 0 amide bonds. The molecule has 17 heavy (non-hydrogen) atoms. The molecule has 0 aliphatic rings. The van der Waals surface area contributed by atoms with Crippen LogP contribution < -0.4 is 5.56 Å². The third-order valence-electron chi connectivity index (χ3n) is 1.82. The Balaban J connectivity index is 2.34. The normalized spacial score (nSPS) is 10.5. The second-order valence-electron chi connectivity index (χ2n) is 3.23. The van der Waals surface area contributed by atoms with Crippen molar-refractivity contribution in [1.82, 2.24) is 15.0 Å². The quantitative estimate of drug-likeness (QED) is 0.852. The fraction of sp³-hybridized carbons (Fsp3) is 0.100. The van der Waals surface area contributed by atoms with E-state index in [2.05, 4.69) is 15.0 Å². The topological polar surface area (TPSA) is 58.6 Å². The van der Waals surface area contributed by atoms with E-state index in [-0.39, 0.29) is 15.6 Å². The Morgan fingerprint density at radius 1 is 1.47 bits per heavy atom. The fourth-order valence-corrected chi connectivity index (χ4v) is 2.10. The van der Waals surface area contributed by atoms with Gasteiger partial charge >= 0.3 is 0 Å². The molecule has 2 rings (SSSR count). The lowest BCUT2D eigenvalue weighted by Crippen LogP contribution is -2.08. The predicted molar refractivity (Wildman–Crippen MR) is 62.9 cm³/mol. The number of H-pyrrole nitrogens is 1. The van der Waals surface area contributed by atoms with Crippen molar-refractivity contribution >= 4 is 23.4 Å². The highest BCUT2D eigenvalue weighted by Crippen LogP contribution is 2.25. The smallest absolute Gasteiger partial charge is 0.251 e. The summed E-state index contributed by atoms with van der Waals surface area (Å²) in [6, 6.07) is 2.51. The van der Waals surface area contributed by atoms with Crippen LogP contribution >= 0.6 is 23.4 Å². The number of nitrogens with one attached hydrogen (secondary N) is 1. The number of hydrogen-bond donors (Lipinski definition) is 1. The summed E-state index contributed by atoms with van der Waals surface area (Å²) in [6.45, 7) is 1.69. The fourth-order valence-electron chi connectivity index (χ4n) is 1.17. The summed E-state index contributed by atoms with van der Waals surface area (Å²) in [5.41, 5.74) is 0.278. The van der Waals surface area contributed by atoms with E-state index in [0.717, 1.165) is 17.8 Å². The first-order valence-corrected chi connectivity index (χ1v) is 5.81. The molecule has 0 bridgehead atoms. The van der Waals surface area contributed by atoms with Crippen LogP contribution in [-0.2, 0) is 0 Å². The average Bonchev–Trinajstić information content (AvgIpc) is 2.21. The second kappa shape index (κ2) is 4.85. The van der Waals surface area contributed by atoms with E-state index in [4.69, 9.17) is 11.6 Å². The molecule has 0 aliphatic carbocycles. The van der Waals surface area contributed by atoms with E-state index in [1.165, 1.54) is 12.3 Å². The Morgan fingerprint density at radius 2 is 2.24 bits per heavy atom. The van der Waals surface area contributed by atoms with Crippen LogP contribution in [-0.4, -0.2) is 15.0 Å². The van der Waals surface area contributed by atoms with E-state index in [1.807, 2.05) is 0 Å². The summed E-state index contributed by atoms with van der Waals surface area (Å²) in [5.74, 6) is -0.549. The van der Waals surface area contributed by atoms with Crippen molar-refractivity contribution in [2.45, 2.75) is 17.1 Å². The Kier molecular flexibility index (Phi) is 3.44. The zero-order valence-electron chi connectivity index (χ0n) is 8.70. The van der Waals surface area contributed by atoms with Gasteiger partial charge in [0, 0.05) is 18.0 Å². The van der Waals surface area contributed by atoms with Gasteiger partial charge in [-0.05, 0) is 24.8 Å². The summed E-state index contributed by atoms with van der Waals surface area (Å²) in [7, 11) is 0. The molecule has 0 spiro atoms. The highest BCUT2D eigenvalue weighted by molar-refractivity contribution is 7.99. The molecule has 2 heterocycles. The summed E-state index contributed by atoms with van der Waals surface area (Å²) in [6.07, 6.45) is 1.33. The Morgan fingerprint density at radius 3 is 2.88 bits per heavy atom. The van der Waals surface area contributed by atoms with Gasteiger partial charge in [0.05, 0.1) is 5.02 Å². The van der Waals surface area contributed by atoms with Gasteiger partial charge in [-0.2, -0.15) is 0 Å². The van der Waals surface area contributed by atoms with Gasteiger partial charge in [-0.15, -0.1) is 0 Å². The van der Waals surface area contributed by atoms with Crippen LogP contribution in [0.2, 0.25) is 5.02 Å². The van der Waals surface area contributed by atoms with Gasteiger partial charge in [-0.1, -0.05) is 11.6 Å². The molecule has 0 aromatic carbocycles. The van der Waals surface area contributed by atoms with Gasteiger partial charge < -0.3 is 4.98 Å². The van der Waals surface area contributed by atoms with Crippen molar-refractivity contribution in [3.63, 3.8) is 0 Å². The van der Waals surface area contributed by atoms with E-state index in [9.17, 15) is 9.18 Å². The van der Waals surface area contributed by atoms with E-state index in [1.54, 1.807) is 6.92 Å². The number of hydrogen-bond acceptors (Lipinski definition) is 4. The highest BCUT2D eigenvalue weighted by atomic mass is 35.5. The van der Waals surface area contributed by atoms with Crippen molar-refractivity contribution in [2.75, 3.05) is 0 Å². The zero-order valence-corrected chi connectivity index (χ0v) is 10.3. The first-order valence-electron chi connectivity index (χ1n) is 4.61. The lowest BCUT2D eigenvalue weighted by atomic mass is 10.5. The average molecular weight is 272 g/mol. The third kappa shape index (κ3) is 3.04. The number of aromatic nitrogens is 3. The molecule has 0 aliphatic heterocycles. The molecular weight excluding hydrogens is 265 g/mol. The van der Waals surface area contributed by atoms with Gasteiger partial charge in [-0.3, -0.25) is 4.79 Å². The van der Waals surface area contributed by atoms with Crippen LogP contribution in [0.15, 0.2) is 33.3 Å². The zero-order chi connectivity index (χ0) is 12.4. The molecular formula is C10H7ClFN3OS. The molecule has 0 unspecified atom stereocenters. The SMILES string of the molecule is Cc1cc(=O)[nH]c(Sc2ncc(Cl)cc2F)n1. The molecule has 0 saturated carbocycles. The van der Waals surface area contributed by atoms with Crippen molar-refractivity contribution in [3.05, 3.63) is 45.2 Å². The molecule has 0 saturated heterocycles. The molecule has 0 fully saturated rings. The van der Waals surface area contributed by atoms with Gasteiger partial charge in [0.25, 0.3) is 5.56 Å². The van der Waals surface area contributed by atoms with E-state index >= 15 is 0 Å². The van der Waals surface area contributed by atoms with Crippen LogP contribution in [0, 0.1) is 12.7 Å². The molecule has 4 nitrogen and oxygen atoms in total. The number of aromatic amines is 1. The summed E-state index contributed by atoms with van der Waals surface area (Å²) >= 11 is 6.53. The van der Waals surface area contributed by atoms with Crippen molar-refractivity contribution in [3.8, 4) is 0 Å². The summed E-state index contributed by atoms with van der Waals surface area (Å²) in [5, 5.41) is 0.629. The van der Waals surface area contributed by atoms with Gasteiger partial charge in [0.1, 0.15) is 5.03 Å². The van der Waals surface area contributed by atoms with Crippen LogP contribution in [0.5, 0.6) is 0 Å². The number of halogens is 2. The number of aryl methyl sites for hydroxylation is 1. The first-order chi connectivity index (χ1) is 8.04. The second-order valence-corrected chi connectivity index (χ2v) is 4.65. The number of rotatable bonds is 2. The van der Waals surface area contributed by atoms with Gasteiger partial charge in [0.2, 0.25) is 0 Å². The highest BCUT2D eigenvalue weighted by Gasteiger charge is 2.08. The predicted octanol–water partition coefficient (Wildman–Crippen LogP) is 2.42. The molecule has 7 heteroatoms. The standard InChI is InChI=1S/C10H7ClFN3OS/c1-5-2-8(16)15-10(14-5)17-9-7(12)3-6(11)4-13-9/h2-4H,1H3,(H,14,15,16). The minimum absolute atomic E-state index is 0.114. The van der Waals surface area contributed by atoms with Crippen LogP contribution in [0.3, 0.4) is 0 Å². The molecule has 0 atom stereocenters. The minimum Gasteiger partial charge on any atom is -0.301 e. The van der Waals surface area contributed by atoms with Crippen molar-refractivity contribution in [1.29, 1.82) is 0 Å². The monoisotopic (exact) mass is 271 g/mol. The maximum atomic E-state index is 13.4. The van der Waals surface area contributed by atoms with Gasteiger partial charge in [-0.25, -0.2) is 14.4 Å². The maximum Gasteiger partial charge on any atom is 0.251 e. The van der Waals surface area contributed by atoms with Crippen LogP contribution in [0.25, 0.3) is 0 Å². The molecule has 0 radical (unpaired) electrons. The van der Waals surface area contributed by atoms with Crippen LogP contribution in [0.4, 0.5) is 4.39 Å². The van der Waals surface area contributed by atoms with Gasteiger partial charge in [0.15, 0.2) is 11.0 Å². The summed E-state index contributed by atoms with van der Waals surface area (Å²) < 4.78 is 13.4. The van der Waals surface area contributed by atoms with Crippen LogP contribution in [0.1, 0.15) is 5.69 Å². The molecule has 2 aromatic rings. The number of pyridine rings is 1. The first kappa shape index (κ1) is 12.1. The third-order valence-corrected chi connectivity index (χ3v) is 2.90. The van der Waals surface area contributed by atoms with Crippen molar-refractivity contribution < 1.29 is 4.39 Å². The number of nitrogens with zero attached hydrogens (tertiary/aromatic N) is 2. The Labute approximate surface area is 105 Å². The largest absolute Gasteiger partial charge is 0.301 e. The molecule has 1 N–H and O–H groups in total. The maximum absolute atomic E-state index is 13.4. The lowest BCUT2D eigenvalue weighted by Gasteiger charge is -2.02. The lowest BCUT2D eigenvalue weighted by molar-refractivity contribution is 0.587. The molecule has 88 valence electrons. The van der Waals surface area contributed by atoms with E-state index in [0.29, 0.717) is 10.9 Å². The van der Waals surface area contributed by atoms with E-state index < -0.39 is 5.82 Å². The molecule has 2 aromatic heterocycles. The Hall–Kier alpha value is -1.40. The Bertz CT molecular complexity index is 617. The summed E-state index contributed by atoms with van der Waals surface area (Å²) in [4.78, 5) is 21.6. The minimum atomic E-state index is -0.549.